The Morgan fingerprint density at radius 2 is 2.19 bits per heavy atom. The lowest BCUT2D eigenvalue weighted by atomic mass is 10.1. The van der Waals surface area contributed by atoms with Crippen molar-refractivity contribution in [3.63, 3.8) is 0 Å². The number of sulfonamides is 1. The molecule has 16 heavy (non-hydrogen) atoms. The number of nitriles is 1. The Kier molecular flexibility index (Phi) is 4.75. The van der Waals surface area contributed by atoms with Crippen molar-refractivity contribution >= 4 is 10.0 Å². The lowest BCUT2D eigenvalue weighted by Gasteiger charge is -2.13. The monoisotopic (exact) mass is 244 g/mol. The van der Waals surface area contributed by atoms with E-state index in [1.165, 1.54) is 6.42 Å². The topological polar surface area (TPSA) is 70.0 Å². The van der Waals surface area contributed by atoms with Gasteiger partial charge in [0.15, 0.2) is 5.25 Å². The van der Waals surface area contributed by atoms with E-state index < -0.39 is 15.3 Å². The van der Waals surface area contributed by atoms with Gasteiger partial charge < -0.3 is 0 Å². The minimum absolute atomic E-state index is 0.340. The summed E-state index contributed by atoms with van der Waals surface area (Å²) in [5, 5.41) is 7.82. The molecular weight excluding hydrogens is 224 g/mol. The first-order valence-corrected chi connectivity index (χ1v) is 7.42. The normalized spacial score (nSPS) is 27.6. The standard InChI is InChI=1S/C11H20N2O2S/c1-3-11(7-12)16(14,15)13-8-10-5-4-9(2)6-10/h9-11,13H,3-6,8H2,1-2H3. The van der Waals surface area contributed by atoms with Crippen LogP contribution >= 0.6 is 0 Å². The summed E-state index contributed by atoms with van der Waals surface area (Å²) < 4.78 is 26.0. The van der Waals surface area contributed by atoms with Crippen molar-refractivity contribution in [1.29, 1.82) is 5.26 Å². The van der Waals surface area contributed by atoms with Crippen LogP contribution < -0.4 is 4.72 Å². The molecule has 0 aromatic rings. The highest BCUT2D eigenvalue weighted by Gasteiger charge is 2.26. The molecular formula is C11H20N2O2S. The third-order valence-electron chi connectivity index (χ3n) is 3.27. The second-order valence-corrected chi connectivity index (χ2v) is 6.65. The zero-order valence-electron chi connectivity index (χ0n) is 9.94. The molecule has 0 aromatic carbocycles. The summed E-state index contributed by atoms with van der Waals surface area (Å²) in [6.07, 6.45) is 3.70. The van der Waals surface area contributed by atoms with E-state index in [0.717, 1.165) is 12.8 Å². The largest absolute Gasteiger partial charge is 0.227 e. The van der Waals surface area contributed by atoms with Gasteiger partial charge in [-0.1, -0.05) is 20.3 Å². The van der Waals surface area contributed by atoms with E-state index in [2.05, 4.69) is 11.6 Å². The molecule has 0 aliphatic heterocycles. The zero-order chi connectivity index (χ0) is 12.2. The summed E-state index contributed by atoms with van der Waals surface area (Å²) in [6.45, 7) is 4.40. The Labute approximate surface area is 98.1 Å². The molecule has 0 spiro atoms. The maximum Gasteiger partial charge on any atom is 0.227 e. The summed E-state index contributed by atoms with van der Waals surface area (Å²) >= 11 is 0. The van der Waals surface area contributed by atoms with Gasteiger partial charge in [-0.3, -0.25) is 0 Å². The van der Waals surface area contributed by atoms with Crippen LogP contribution in [0.2, 0.25) is 0 Å². The molecule has 3 unspecified atom stereocenters. The fraction of sp³-hybridized carbons (Fsp3) is 0.909. The second kappa shape index (κ2) is 5.65. The Bertz CT molecular complexity index is 359. The van der Waals surface area contributed by atoms with Crippen LogP contribution in [0.3, 0.4) is 0 Å². The van der Waals surface area contributed by atoms with Crippen LogP contribution in [0.4, 0.5) is 0 Å². The maximum absolute atomic E-state index is 11.7. The lowest BCUT2D eigenvalue weighted by Crippen LogP contribution is -2.35. The van der Waals surface area contributed by atoms with Crippen LogP contribution in [-0.2, 0) is 10.0 Å². The van der Waals surface area contributed by atoms with E-state index >= 15 is 0 Å². The number of nitrogens with one attached hydrogen (secondary N) is 1. The highest BCUT2D eigenvalue weighted by atomic mass is 32.2. The third kappa shape index (κ3) is 3.46. The molecule has 5 heteroatoms. The molecule has 1 rings (SSSR count). The molecule has 3 atom stereocenters. The van der Waals surface area contributed by atoms with Crippen molar-refractivity contribution in [2.75, 3.05) is 6.54 Å². The molecule has 0 amide bonds. The third-order valence-corrected chi connectivity index (χ3v) is 5.02. The van der Waals surface area contributed by atoms with E-state index in [1.54, 1.807) is 6.92 Å². The van der Waals surface area contributed by atoms with Gasteiger partial charge in [-0.05, 0) is 31.1 Å². The minimum atomic E-state index is -3.44. The van der Waals surface area contributed by atoms with Crippen molar-refractivity contribution in [3.05, 3.63) is 0 Å². The maximum atomic E-state index is 11.7. The Hall–Kier alpha value is -0.600. The number of rotatable bonds is 5. The summed E-state index contributed by atoms with van der Waals surface area (Å²) in [5.74, 6) is 1.15. The van der Waals surface area contributed by atoms with Crippen LogP contribution in [0.5, 0.6) is 0 Å². The number of hydrogen-bond acceptors (Lipinski definition) is 3. The SMILES string of the molecule is CCC(C#N)S(=O)(=O)NCC1CCC(C)C1. The lowest BCUT2D eigenvalue weighted by molar-refractivity contribution is 0.496. The predicted octanol–water partition coefficient (Wildman–Crippen LogP) is 1.64. The molecule has 0 heterocycles. The van der Waals surface area contributed by atoms with Gasteiger partial charge in [0.05, 0.1) is 6.07 Å². The molecule has 1 fully saturated rings. The quantitative estimate of drug-likeness (QED) is 0.799. The van der Waals surface area contributed by atoms with E-state index in [0.29, 0.717) is 24.8 Å². The van der Waals surface area contributed by atoms with Gasteiger partial charge in [0.2, 0.25) is 10.0 Å². The summed E-state index contributed by atoms with van der Waals surface area (Å²) in [6, 6.07) is 1.83. The van der Waals surface area contributed by atoms with Crippen LogP contribution in [0, 0.1) is 23.2 Å². The van der Waals surface area contributed by atoms with Crippen molar-refractivity contribution in [3.8, 4) is 6.07 Å². The van der Waals surface area contributed by atoms with Crippen LogP contribution in [0.25, 0.3) is 0 Å². The van der Waals surface area contributed by atoms with Crippen molar-refractivity contribution < 1.29 is 8.42 Å². The average molecular weight is 244 g/mol. The van der Waals surface area contributed by atoms with Crippen LogP contribution in [0.1, 0.15) is 39.5 Å². The average Bonchev–Trinajstić information content (AvgIpc) is 2.63. The van der Waals surface area contributed by atoms with E-state index in [4.69, 9.17) is 5.26 Å². The summed E-state index contributed by atoms with van der Waals surface area (Å²) in [4.78, 5) is 0. The van der Waals surface area contributed by atoms with E-state index in [-0.39, 0.29) is 0 Å². The first-order chi connectivity index (χ1) is 7.49. The van der Waals surface area contributed by atoms with Gasteiger partial charge in [-0.2, -0.15) is 5.26 Å². The molecule has 1 N–H and O–H groups in total. The smallest absolute Gasteiger partial charge is 0.214 e. The molecule has 4 nitrogen and oxygen atoms in total. The van der Waals surface area contributed by atoms with Crippen molar-refractivity contribution in [2.24, 2.45) is 11.8 Å². The minimum Gasteiger partial charge on any atom is -0.214 e. The van der Waals surface area contributed by atoms with E-state index in [9.17, 15) is 8.42 Å². The van der Waals surface area contributed by atoms with Crippen LogP contribution in [-0.4, -0.2) is 20.2 Å². The Balaban J connectivity index is 2.45. The first kappa shape index (κ1) is 13.5. The predicted molar refractivity (Wildman–Crippen MR) is 63.1 cm³/mol. The molecule has 0 radical (unpaired) electrons. The van der Waals surface area contributed by atoms with Gasteiger partial charge in [0.1, 0.15) is 0 Å². The van der Waals surface area contributed by atoms with Gasteiger partial charge in [-0.25, -0.2) is 13.1 Å². The molecule has 1 saturated carbocycles. The van der Waals surface area contributed by atoms with Crippen LogP contribution in [0.15, 0.2) is 0 Å². The highest BCUT2D eigenvalue weighted by Crippen LogP contribution is 2.29. The fourth-order valence-electron chi connectivity index (χ4n) is 2.23. The van der Waals surface area contributed by atoms with Gasteiger partial charge in [0, 0.05) is 6.54 Å². The molecule has 92 valence electrons. The van der Waals surface area contributed by atoms with Crippen molar-refractivity contribution in [1.82, 2.24) is 4.72 Å². The molecule has 0 bridgehead atoms. The Morgan fingerprint density at radius 3 is 2.62 bits per heavy atom. The van der Waals surface area contributed by atoms with Gasteiger partial charge >= 0.3 is 0 Å². The summed E-state index contributed by atoms with van der Waals surface area (Å²) in [5.41, 5.74) is 0. The van der Waals surface area contributed by atoms with Gasteiger partial charge in [0.25, 0.3) is 0 Å². The zero-order valence-corrected chi connectivity index (χ0v) is 10.8. The van der Waals surface area contributed by atoms with Gasteiger partial charge in [-0.15, -0.1) is 0 Å². The van der Waals surface area contributed by atoms with Crippen molar-refractivity contribution in [2.45, 2.75) is 44.8 Å². The second-order valence-electron chi connectivity index (χ2n) is 4.70. The fourth-order valence-corrected chi connectivity index (χ4v) is 3.47. The highest BCUT2D eigenvalue weighted by molar-refractivity contribution is 7.90. The number of hydrogen-bond donors (Lipinski definition) is 1. The molecule has 0 aromatic heterocycles. The molecule has 0 saturated heterocycles. The molecule has 1 aliphatic rings. The Morgan fingerprint density at radius 1 is 1.50 bits per heavy atom. The number of nitrogens with zero attached hydrogens (tertiary/aromatic N) is 1. The summed E-state index contributed by atoms with van der Waals surface area (Å²) in [7, 11) is -3.44. The first-order valence-electron chi connectivity index (χ1n) is 5.87. The van der Waals surface area contributed by atoms with E-state index in [1.807, 2.05) is 6.07 Å². The molecule has 1 aliphatic carbocycles.